The van der Waals surface area contributed by atoms with Crippen molar-refractivity contribution in [1.82, 2.24) is 0 Å². The molecule has 0 rings (SSSR count). The molecule has 0 fully saturated rings. The number of rotatable bonds is 4. The third kappa shape index (κ3) is 2.70. The largest absolute Gasteiger partial charge is 0.508 e. The molecule has 0 aromatic carbocycles. The van der Waals surface area contributed by atoms with Crippen LogP contribution in [0.1, 0.15) is 0 Å². The van der Waals surface area contributed by atoms with Gasteiger partial charge in [-0.25, -0.2) is 0 Å². The van der Waals surface area contributed by atoms with Crippen LogP contribution in [0.25, 0.3) is 5.53 Å². The summed E-state index contributed by atoms with van der Waals surface area (Å²) in [5.41, 5.74) is 8.08. The molecule has 9 heavy (non-hydrogen) atoms. The van der Waals surface area contributed by atoms with E-state index in [9.17, 15) is 4.57 Å². The third-order valence-electron chi connectivity index (χ3n) is 0.821. The average molecular weight is 152 g/mol. The molecule has 0 amide bonds. The van der Waals surface area contributed by atoms with Gasteiger partial charge in [0.2, 0.25) is 6.29 Å². The highest BCUT2D eigenvalue weighted by Crippen LogP contribution is 2.43. The molecule has 0 heterocycles. The highest BCUT2D eigenvalue weighted by atomic mass is 31.2. The maximum Gasteiger partial charge on any atom is 0.393 e. The minimum absolute atomic E-state index is 0.194. The molecule has 0 spiro atoms. The molecule has 0 saturated carbocycles. The Morgan fingerprint density at radius 2 is 2.00 bits per heavy atom. The SMILES string of the molecule is COP(=O)(C[NH+]=[N-])OC. The Hall–Kier alpha value is -0.250. The first-order chi connectivity index (χ1) is 4.18. The summed E-state index contributed by atoms with van der Waals surface area (Å²) in [6.07, 6.45) is -0.194. The Morgan fingerprint density at radius 1 is 1.56 bits per heavy atom. The molecule has 0 aliphatic rings. The molecule has 0 radical (unpaired) electrons. The summed E-state index contributed by atoms with van der Waals surface area (Å²) in [4.78, 5) is 0. The first kappa shape index (κ1) is 8.75. The van der Waals surface area contributed by atoms with E-state index in [2.05, 4.69) is 9.05 Å². The van der Waals surface area contributed by atoms with Gasteiger partial charge in [0.05, 0.1) is 0 Å². The van der Waals surface area contributed by atoms with Crippen molar-refractivity contribution in [3.63, 3.8) is 0 Å². The fourth-order valence-corrected chi connectivity index (χ4v) is 0.871. The van der Waals surface area contributed by atoms with Gasteiger partial charge in [-0.2, -0.15) is 0 Å². The molecule has 0 aromatic rings. The Labute approximate surface area is 53.4 Å². The lowest BCUT2D eigenvalue weighted by molar-refractivity contribution is -0.461. The molecule has 0 saturated heterocycles. The second kappa shape index (κ2) is 3.71. The number of hydrogen-bond acceptors (Lipinski definition) is 3. The van der Waals surface area contributed by atoms with Crippen molar-refractivity contribution >= 4 is 7.60 Å². The fourth-order valence-electron chi connectivity index (χ4n) is 0.290. The van der Waals surface area contributed by atoms with E-state index in [-0.39, 0.29) is 6.29 Å². The van der Waals surface area contributed by atoms with Gasteiger partial charge in [-0.1, -0.05) is 0 Å². The van der Waals surface area contributed by atoms with E-state index in [1.54, 1.807) is 5.11 Å². The van der Waals surface area contributed by atoms with Crippen LogP contribution in [0.4, 0.5) is 0 Å². The maximum absolute atomic E-state index is 10.9. The molecule has 0 atom stereocenters. The van der Waals surface area contributed by atoms with Crippen LogP contribution >= 0.6 is 7.60 Å². The number of nitrogens with zero attached hydrogens (tertiary/aromatic N) is 1. The number of hydrogen-bond donors (Lipinski definition) is 1. The van der Waals surface area contributed by atoms with Crippen molar-refractivity contribution in [3.8, 4) is 0 Å². The summed E-state index contributed by atoms with van der Waals surface area (Å²) < 4.78 is 19.8. The normalized spacial score (nSPS) is 11.3. The van der Waals surface area contributed by atoms with Crippen LogP contribution in [0.3, 0.4) is 0 Å². The molecule has 0 unspecified atom stereocenters. The van der Waals surface area contributed by atoms with E-state index in [0.29, 0.717) is 0 Å². The van der Waals surface area contributed by atoms with E-state index >= 15 is 0 Å². The molecule has 0 aliphatic carbocycles. The summed E-state index contributed by atoms with van der Waals surface area (Å²) in [6.45, 7) is 0. The van der Waals surface area contributed by atoms with Crippen LogP contribution < -0.4 is 5.11 Å². The Kier molecular flexibility index (Phi) is 3.61. The lowest BCUT2D eigenvalue weighted by atomic mass is 11.5. The molecule has 6 heteroatoms. The zero-order valence-electron chi connectivity index (χ0n) is 5.33. The standard InChI is InChI=1S/C3H9N2O3P/c1-7-9(6,8-2)3-5-4/h5H,3H2,1-2H3. The van der Waals surface area contributed by atoms with Crippen molar-refractivity contribution < 1.29 is 18.7 Å². The van der Waals surface area contributed by atoms with Crippen molar-refractivity contribution in [1.29, 1.82) is 0 Å². The van der Waals surface area contributed by atoms with E-state index < -0.39 is 7.60 Å². The van der Waals surface area contributed by atoms with Crippen LogP contribution in [-0.2, 0) is 13.6 Å². The fraction of sp³-hybridized carbons (Fsp3) is 1.00. The highest BCUT2D eigenvalue weighted by molar-refractivity contribution is 7.53. The predicted molar refractivity (Wildman–Crippen MR) is 30.8 cm³/mol. The average Bonchev–Trinajstić information content (AvgIpc) is 1.89. The minimum Gasteiger partial charge on any atom is -0.508 e. The molecule has 0 aliphatic heterocycles. The van der Waals surface area contributed by atoms with Crippen molar-refractivity contribution in [3.05, 3.63) is 5.53 Å². The molecular weight excluding hydrogens is 143 g/mol. The van der Waals surface area contributed by atoms with Crippen LogP contribution in [0.5, 0.6) is 0 Å². The molecule has 0 bridgehead atoms. The van der Waals surface area contributed by atoms with Gasteiger partial charge in [0.25, 0.3) is 0 Å². The van der Waals surface area contributed by atoms with Gasteiger partial charge in [0.1, 0.15) is 0 Å². The van der Waals surface area contributed by atoms with Gasteiger partial charge in [-0.05, 0) is 0 Å². The zero-order valence-corrected chi connectivity index (χ0v) is 6.22. The van der Waals surface area contributed by atoms with Crippen molar-refractivity contribution in [2.24, 2.45) is 0 Å². The predicted octanol–water partition coefficient (Wildman–Crippen LogP) is -0.468. The zero-order chi connectivity index (χ0) is 7.33. The summed E-state index contributed by atoms with van der Waals surface area (Å²) >= 11 is 0. The molecular formula is C3H9N2O3P. The summed E-state index contributed by atoms with van der Waals surface area (Å²) in [5.74, 6) is 0. The van der Waals surface area contributed by atoms with E-state index in [1.165, 1.54) is 14.2 Å². The quantitative estimate of drug-likeness (QED) is 0.437. The molecule has 1 N–H and O–H groups in total. The van der Waals surface area contributed by atoms with Gasteiger partial charge in [-0.15, -0.1) is 0 Å². The lowest BCUT2D eigenvalue weighted by Gasteiger charge is -2.07. The van der Waals surface area contributed by atoms with E-state index in [4.69, 9.17) is 5.53 Å². The van der Waals surface area contributed by atoms with Gasteiger partial charge >= 0.3 is 7.60 Å². The van der Waals surface area contributed by atoms with Gasteiger partial charge < -0.3 is 19.7 Å². The third-order valence-corrected chi connectivity index (χ3v) is 2.46. The smallest absolute Gasteiger partial charge is 0.393 e. The first-order valence-corrected chi connectivity index (χ1v) is 3.99. The van der Waals surface area contributed by atoms with Crippen LogP contribution in [-0.4, -0.2) is 20.5 Å². The van der Waals surface area contributed by atoms with Crippen LogP contribution in [0.15, 0.2) is 0 Å². The number of nitrogens with one attached hydrogen (secondary N) is 1. The Balaban J connectivity index is 3.93. The summed E-state index contributed by atoms with van der Waals surface area (Å²) in [5, 5.41) is 1.70. The summed E-state index contributed by atoms with van der Waals surface area (Å²) in [6, 6.07) is 0. The van der Waals surface area contributed by atoms with Crippen LogP contribution in [0, 0.1) is 0 Å². The van der Waals surface area contributed by atoms with Gasteiger partial charge in [-0.3, -0.25) is 4.57 Å². The maximum atomic E-state index is 10.9. The van der Waals surface area contributed by atoms with Crippen molar-refractivity contribution in [2.45, 2.75) is 0 Å². The van der Waals surface area contributed by atoms with Gasteiger partial charge in [0, 0.05) is 14.2 Å². The first-order valence-electron chi connectivity index (χ1n) is 2.26. The molecule has 54 valence electrons. The lowest BCUT2D eigenvalue weighted by Crippen LogP contribution is -2.62. The van der Waals surface area contributed by atoms with Gasteiger partial charge in [0.15, 0.2) is 0 Å². The Morgan fingerprint density at radius 3 is 2.11 bits per heavy atom. The highest BCUT2D eigenvalue weighted by Gasteiger charge is 2.21. The second-order valence-corrected chi connectivity index (χ2v) is 3.56. The monoisotopic (exact) mass is 152 g/mol. The molecule has 5 nitrogen and oxygen atoms in total. The topological polar surface area (TPSA) is 71.8 Å². The van der Waals surface area contributed by atoms with Crippen LogP contribution in [0.2, 0.25) is 0 Å². The summed E-state index contributed by atoms with van der Waals surface area (Å²) in [7, 11) is -0.539. The van der Waals surface area contributed by atoms with E-state index in [1.807, 2.05) is 0 Å². The second-order valence-electron chi connectivity index (χ2n) is 1.29. The molecule has 0 aromatic heterocycles. The Bertz CT molecular complexity index is 129. The van der Waals surface area contributed by atoms with Crippen molar-refractivity contribution in [2.75, 3.05) is 20.5 Å². The minimum atomic E-state index is -3.04. The van der Waals surface area contributed by atoms with E-state index in [0.717, 1.165) is 0 Å².